The second kappa shape index (κ2) is 7.45. The molecule has 0 spiro atoms. The van der Waals surface area contributed by atoms with Crippen molar-refractivity contribution in [2.24, 2.45) is 0 Å². The Labute approximate surface area is 151 Å². The molecule has 2 rings (SSSR count). The van der Waals surface area contributed by atoms with Gasteiger partial charge in [0.25, 0.3) is 5.69 Å². The number of benzene rings is 2. The zero-order valence-electron chi connectivity index (χ0n) is 12.4. The van der Waals surface area contributed by atoms with Gasteiger partial charge in [-0.2, -0.15) is 0 Å². The third kappa shape index (κ3) is 4.04. The lowest BCUT2D eigenvalue weighted by Gasteiger charge is -2.22. The number of nitrogens with zero attached hydrogens (tertiary/aromatic N) is 2. The van der Waals surface area contributed by atoms with Gasteiger partial charge in [0.15, 0.2) is 0 Å². The average molecular weight is 385 g/mol. The third-order valence-corrected chi connectivity index (χ3v) is 3.88. The highest BCUT2D eigenvalue weighted by molar-refractivity contribution is 6.47. The molecule has 0 aromatic heterocycles. The van der Waals surface area contributed by atoms with Crippen molar-refractivity contribution in [2.45, 2.75) is 10.6 Å². The predicted octanol–water partition coefficient (Wildman–Crippen LogP) is 3.90. The van der Waals surface area contributed by atoms with Gasteiger partial charge in [-0.3, -0.25) is 20.2 Å². The number of esters is 1. The Hall–Kier alpha value is -2.71. The van der Waals surface area contributed by atoms with Gasteiger partial charge < -0.3 is 4.74 Å². The molecule has 0 aliphatic heterocycles. The number of nitro groups is 2. The zero-order chi connectivity index (χ0) is 18.6. The Morgan fingerprint density at radius 2 is 1.56 bits per heavy atom. The van der Waals surface area contributed by atoms with Gasteiger partial charge in [0.1, 0.15) is 0 Å². The van der Waals surface area contributed by atoms with E-state index in [9.17, 15) is 25.0 Å². The van der Waals surface area contributed by atoms with Crippen molar-refractivity contribution >= 4 is 34.9 Å². The van der Waals surface area contributed by atoms with Gasteiger partial charge in [0.05, 0.1) is 21.0 Å². The van der Waals surface area contributed by atoms with E-state index < -0.39 is 32.1 Å². The normalized spacial score (nSPS) is 12.2. The minimum atomic E-state index is -2.82. The first-order valence-corrected chi connectivity index (χ1v) is 7.52. The van der Waals surface area contributed by atoms with Crippen molar-refractivity contribution in [2.75, 3.05) is 0 Å². The number of halogens is 2. The highest BCUT2D eigenvalue weighted by Gasteiger charge is 2.53. The number of alkyl halides is 2. The summed E-state index contributed by atoms with van der Waals surface area (Å²) in [6.45, 7) is 0. The number of hydrogen-bond donors (Lipinski definition) is 0. The van der Waals surface area contributed by atoms with Crippen LogP contribution in [-0.2, 0) is 4.74 Å². The standard InChI is InChI=1S/C15H10Cl2N2O6/c16-15(17,19(23)24)13(11-8-4-5-9-12(11)18(21)22)25-14(20)10-6-2-1-3-7-10/h1-9,13H/t13-/m0/s1. The first kappa shape index (κ1) is 18.6. The Balaban J connectivity index is 2.50. The lowest BCUT2D eigenvalue weighted by Crippen LogP contribution is -2.36. The van der Waals surface area contributed by atoms with Crippen LogP contribution in [0.4, 0.5) is 5.69 Å². The van der Waals surface area contributed by atoms with E-state index >= 15 is 0 Å². The van der Waals surface area contributed by atoms with Crippen LogP contribution in [0.25, 0.3) is 0 Å². The molecule has 0 aliphatic carbocycles. The van der Waals surface area contributed by atoms with Crippen LogP contribution in [0, 0.1) is 20.2 Å². The van der Waals surface area contributed by atoms with Crippen molar-refractivity contribution in [1.29, 1.82) is 0 Å². The molecule has 0 bridgehead atoms. The first-order chi connectivity index (χ1) is 11.7. The molecule has 130 valence electrons. The number of nitro benzene ring substituents is 1. The van der Waals surface area contributed by atoms with E-state index in [-0.39, 0.29) is 11.1 Å². The summed E-state index contributed by atoms with van der Waals surface area (Å²) in [6.07, 6.45) is -1.90. The van der Waals surface area contributed by atoms with Gasteiger partial charge >= 0.3 is 10.4 Å². The molecule has 0 amide bonds. The SMILES string of the molecule is O=C(O[C@@H](c1ccccc1[N+](=O)[O-])C(Cl)(Cl)[N+](=O)[O-])c1ccccc1. The molecule has 0 radical (unpaired) electrons. The third-order valence-electron chi connectivity index (χ3n) is 3.21. The second-order valence-electron chi connectivity index (χ2n) is 4.81. The molecule has 1 atom stereocenters. The van der Waals surface area contributed by atoms with E-state index in [0.29, 0.717) is 0 Å². The van der Waals surface area contributed by atoms with Gasteiger partial charge in [-0.15, -0.1) is 0 Å². The number of rotatable bonds is 6. The van der Waals surface area contributed by atoms with E-state index in [4.69, 9.17) is 27.9 Å². The summed E-state index contributed by atoms with van der Waals surface area (Å²) in [5.74, 6) is -0.962. The summed E-state index contributed by atoms with van der Waals surface area (Å²) in [7, 11) is 0. The van der Waals surface area contributed by atoms with Crippen molar-refractivity contribution in [1.82, 2.24) is 0 Å². The number of carbonyl (C=O) groups is 1. The number of para-hydroxylation sites is 1. The number of ether oxygens (including phenoxy) is 1. The fraction of sp³-hybridized carbons (Fsp3) is 0.133. The van der Waals surface area contributed by atoms with Gasteiger partial charge in [0.2, 0.25) is 6.10 Å². The molecular weight excluding hydrogens is 375 g/mol. The maximum Gasteiger partial charge on any atom is 0.411 e. The molecular formula is C15H10Cl2N2O6. The van der Waals surface area contributed by atoms with E-state index in [2.05, 4.69) is 0 Å². The van der Waals surface area contributed by atoms with E-state index in [1.807, 2.05) is 0 Å². The first-order valence-electron chi connectivity index (χ1n) is 6.76. The molecule has 0 unspecified atom stereocenters. The highest BCUT2D eigenvalue weighted by atomic mass is 35.5. The molecule has 0 N–H and O–H groups in total. The smallest absolute Gasteiger partial charge is 0.411 e. The molecule has 2 aromatic carbocycles. The van der Waals surface area contributed by atoms with Crippen molar-refractivity contribution in [3.05, 3.63) is 86.0 Å². The van der Waals surface area contributed by atoms with Crippen LogP contribution in [0.3, 0.4) is 0 Å². The maximum atomic E-state index is 12.2. The predicted molar refractivity (Wildman–Crippen MR) is 89.1 cm³/mol. The molecule has 0 heterocycles. The Kier molecular flexibility index (Phi) is 5.55. The minimum Gasteiger partial charge on any atom is -0.443 e. The van der Waals surface area contributed by atoms with Crippen LogP contribution in [0.2, 0.25) is 0 Å². The monoisotopic (exact) mass is 384 g/mol. The van der Waals surface area contributed by atoms with Gasteiger partial charge in [-0.25, -0.2) is 4.79 Å². The lowest BCUT2D eigenvalue weighted by atomic mass is 10.1. The molecule has 0 fully saturated rings. The molecule has 0 saturated carbocycles. The van der Waals surface area contributed by atoms with E-state index in [0.717, 1.165) is 6.07 Å². The molecule has 25 heavy (non-hydrogen) atoms. The zero-order valence-corrected chi connectivity index (χ0v) is 13.9. The summed E-state index contributed by atoms with van der Waals surface area (Å²) in [6, 6.07) is 12.6. The van der Waals surface area contributed by atoms with E-state index in [1.54, 1.807) is 18.2 Å². The molecule has 8 nitrogen and oxygen atoms in total. The summed E-state index contributed by atoms with van der Waals surface area (Å²) in [5.41, 5.74) is -0.724. The molecule has 2 aromatic rings. The van der Waals surface area contributed by atoms with Gasteiger partial charge in [-0.05, 0) is 41.4 Å². The van der Waals surface area contributed by atoms with Gasteiger partial charge in [-0.1, -0.05) is 30.3 Å². The fourth-order valence-corrected chi connectivity index (χ4v) is 2.37. The summed E-state index contributed by atoms with van der Waals surface area (Å²) < 4.78 is 2.27. The largest absolute Gasteiger partial charge is 0.443 e. The fourth-order valence-electron chi connectivity index (χ4n) is 2.04. The van der Waals surface area contributed by atoms with Gasteiger partial charge in [0, 0.05) is 6.07 Å². The van der Waals surface area contributed by atoms with Crippen LogP contribution in [0.5, 0.6) is 0 Å². The Morgan fingerprint density at radius 3 is 2.12 bits per heavy atom. The van der Waals surface area contributed by atoms with Crippen molar-refractivity contribution < 1.29 is 19.4 Å². The molecule has 0 saturated heterocycles. The van der Waals surface area contributed by atoms with Crippen LogP contribution < -0.4 is 0 Å². The molecule has 0 aliphatic rings. The quantitative estimate of drug-likeness (QED) is 0.245. The van der Waals surface area contributed by atoms with Crippen molar-refractivity contribution in [3.63, 3.8) is 0 Å². The van der Waals surface area contributed by atoms with Crippen LogP contribution in [0.1, 0.15) is 22.0 Å². The van der Waals surface area contributed by atoms with E-state index in [1.165, 1.54) is 30.3 Å². The summed E-state index contributed by atoms with van der Waals surface area (Å²) >= 11 is 11.5. The van der Waals surface area contributed by atoms with Crippen LogP contribution >= 0.6 is 23.2 Å². The number of hydrogen-bond acceptors (Lipinski definition) is 6. The van der Waals surface area contributed by atoms with Crippen LogP contribution in [-0.4, -0.2) is 20.3 Å². The minimum absolute atomic E-state index is 0.0820. The molecule has 10 heteroatoms. The summed E-state index contributed by atoms with van der Waals surface area (Å²) in [4.78, 5) is 32.8. The number of carbonyl (C=O) groups excluding carboxylic acids is 1. The topological polar surface area (TPSA) is 113 Å². The van der Waals surface area contributed by atoms with Crippen molar-refractivity contribution in [3.8, 4) is 0 Å². The Morgan fingerprint density at radius 1 is 1.00 bits per heavy atom. The lowest BCUT2D eigenvalue weighted by molar-refractivity contribution is -0.528. The average Bonchev–Trinajstić information content (AvgIpc) is 2.59. The maximum absolute atomic E-state index is 12.2. The van der Waals surface area contributed by atoms with Crippen LogP contribution in [0.15, 0.2) is 54.6 Å². The second-order valence-corrected chi connectivity index (χ2v) is 6.16. The summed E-state index contributed by atoms with van der Waals surface area (Å²) in [5, 5.41) is 22.4. The highest BCUT2D eigenvalue weighted by Crippen LogP contribution is 2.42. The Bertz CT molecular complexity index is 813.